The van der Waals surface area contributed by atoms with Gasteiger partial charge in [-0.2, -0.15) is 0 Å². The lowest BCUT2D eigenvalue weighted by atomic mass is 10.1. The summed E-state index contributed by atoms with van der Waals surface area (Å²) in [5.41, 5.74) is 0. The summed E-state index contributed by atoms with van der Waals surface area (Å²) >= 11 is 0. The summed E-state index contributed by atoms with van der Waals surface area (Å²) in [5.74, 6) is -0.578. The molecule has 0 saturated carbocycles. The van der Waals surface area contributed by atoms with Crippen molar-refractivity contribution >= 4 is 11.9 Å². The van der Waals surface area contributed by atoms with Crippen molar-refractivity contribution in [1.29, 1.82) is 0 Å². The molecule has 0 radical (unpaired) electrons. The smallest absolute Gasteiger partial charge is 0.320 e. The van der Waals surface area contributed by atoms with E-state index in [0.717, 1.165) is 12.8 Å². The maximum absolute atomic E-state index is 11.6. The Hall–Kier alpha value is -1.10. The fourth-order valence-corrected chi connectivity index (χ4v) is 1.64. The highest BCUT2D eigenvalue weighted by molar-refractivity contribution is 5.79. The highest BCUT2D eigenvalue weighted by atomic mass is 16.4. The van der Waals surface area contributed by atoms with Gasteiger partial charge in [-0.25, -0.2) is 0 Å². The minimum atomic E-state index is -0.859. The molecule has 0 aliphatic heterocycles. The molecule has 1 unspecified atom stereocenters. The van der Waals surface area contributed by atoms with E-state index in [4.69, 9.17) is 5.11 Å². The Morgan fingerprint density at radius 3 is 2.39 bits per heavy atom. The van der Waals surface area contributed by atoms with Crippen LogP contribution in [-0.4, -0.2) is 48.1 Å². The number of carboxylic acid groups (broad SMARTS) is 1. The van der Waals surface area contributed by atoms with Crippen molar-refractivity contribution in [2.24, 2.45) is 5.92 Å². The number of aliphatic carboxylic acids is 1. The van der Waals surface area contributed by atoms with Crippen molar-refractivity contribution < 1.29 is 14.7 Å². The molecule has 0 aromatic rings. The predicted octanol–water partition coefficient (Wildman–Crippen LogP) is 1.33. The third kappa shape index (κ3) is 7.27. The van der Waals surface area contributed by atoms with E-state index in [2.05, 4.69) is 5.32 Å². The quantitative estimate of drug-likeness (QED) is 0.654. The number of hydrogen-bond donors (Lipinski definition) is 2. The molecular weight excluding hydrogens is 232 g/mol. The van der Waals surface area contributed by atoms with Gasteiger partial charge in [0.15, 0.2) is 0 Å². The molecule has 2 N–H and O–H groups in total. The highest BCUT2D eigenvalue weighted by Crippen LogP contribution is 2.07. The largest absolute Gasteiger partial charge is 0.480 e. The van der Waals surface area contributed by atoms with Crippen LogP contribution >= 0.6 is 0 Å². The Balaban J connectivity index is 4.19. The van der Waals surface area contributed by atoms with E-state index in [0.29, 0.717) is 18.9 Å². The van der Waals surface area contributed by atoms with Crippen molar-refractivity contribution in [3.63, 3.8) is 0 Å². The van der Waals surface area contributed by atoms with Gasteiger partial charge >= 0.3 is 5.97 Å². The second-order valence-corrected chi connectivity index (χ2v) is 5.11. The van der Waals surface area contributed by atoms with Crippen LogP contribution in [0, 0.1) is 5.92 Å². The predicted molar refractivity (Wildman–Crippen MR) is 71.4 cm³/mol. The summed E-state index contributed by atoms with van der Waals surface area (Å²) < 4.78 is 0. The Morgan fingerprint density at radius 2 is 1.94 bits per heavy atom. The van der Waals surface area contributed by atoms with E-state index >= 15 is 0 Å². The SMILES string of the molecule is CCCCC(C(=O)O)N(C)CC(=O)NCC(C)C. The number of amides is 1. The van der Waals surface area contributed by atoms with E-state index in [-0.39, 0.29) is 12.5 Å². The van der Waals surface area contributed by atoms with Crippen molar-refractivity contribution in [3.05, 3.63) is 0 Å². The van der Waals surface area contributed by atoms with Gasteiger partial charge in [0.2, 0.25) is 5.91 Å². The van der Waals surface area contributed by atoms with Gasteiger partial charge in [0, 0.05) is 6.54 Å². The van der Waals surface area contributed by atoms with Crippen molar-refractivity contribution in [1.82, 2.24) is 10.2 Å². The minimum absolute atomic E-state index is 0.117. The number of rotatable bonds is 9. The molecule has 1 atom stereocenters. The molecule has 0 aliphatic carbocycles. The molecule has 5 nitrogen and oxygen atoms in total. The van der Waals surface area contributed by atoms with E-state index in [9.17, 15) is 9.59 Å². The molecule has 18 heavy (non-hydrogen) atoms. The zero-order valence-electron chi connectivity index (χ0n) is 11.9. The van der Waals surface area contributed by atoms with E-state index in [1.165, 1.54) is 0 Å². The molecule has 0 aliphatic rings. The average Bonchev–Trinajstić information content (AvgIpc) is 2.26. The monoisotopic (exact) mass is 258 g/mol. The molecule has 0 aromatic heterocycles. The molecule has 0 fully saturated rings. The number of likely N-dealkylation sites (N-methyl/N-ethyl adjacent to an activating group) is 1. The van der Waals surface area contributed by atoms with Crippen LogP contribution in [0.2, 0.25) is 0 Å². The zero-order chi connectivity index (χ0) is 14.1. The van der Waals surface area contributed by atoms with Gasteiger partial charge in [-0.15, -0.1) is 0 Å². The number of carbonyl (C=O) groups is 2. The second-order valence-electron chi connectivity index (χ2n) is 5.11. The fourth-order valence-electron chi connectivity index (χ4n) is 1.64. The number of nitrogens with zero attached hydrogens (tertiary/aromatic N) is 1. The molecule has 106 valence electrons. The molecule has 5 heteroatoms. The second kappa shape index (κ2) is 8.91. The van der Waals surface area contributed by atoms with Gasteiger partial charge in [-0.05, 0) is 19.4 Å². The van der Waals surface area contributed by atoms with E-state index in [1.807, 2.05) is 20.8 Å². The lowest BCUT2D eigenvalue weighted by molar-refractivity contribution is -0.143. The molecule has 0 rings (SSSR count). The summed E-state index contributed by atoms with van der Waals surface area (Å²) in [6.45, 7) is 6.82. The van der Waals surface area contributed by atoms with Crippen molar-refractivity contribution in [3.8, 4) is 0 Å². The molecule has 1 amide bonds. The van der Waals surface area contributed by atoms with Gasteiger partial charge in [0.25, 0.3) is 0 Å². The third-order valence-corrected chi connectivity index (χ3v) is 2.75. The number of nitrogens with one attached hydrogen (secondary N) is 1. The van der Waals surface area contributed by atoms with Crippen molar-refractivity contribution in [2.75, 3.05) is 20.1 Å². The maximum Gasteiger partial charge on any atom is 0.320 e. The number of carboxylic acids is 1. The molecule has 0 saturated heterocycles. The first-order chi connectivity index (χ1) is 8.38. The lowest BCUT2D eigenvalue weighted by Gasteiger charge is -2.24. The standard InChI is InChI=1S/C13H26N2O3/c1-5-6-7-11(13(17)18)15(4)9-12(16)14-8-10(2)3/h10-11H,5-9H2,1-4H3,(H,14,16)(H,17,18). The van der Waals surface area contributed by atoms with Gasteiger partial charge in [-0.3, -0.25) is 14.5 Å². The van der Waals surface area contributed by atoms with Crippen molar-refractivity contribution in [2.45, 2.75) is 46.1 Å². The zero-order valence-corrected chi connectivity index (χ0v) is 11.9. The first kappa shape index (κ1) is 16.9. The maximum atomic E-state index is 11.6. The van der Waals surface area contributed by atoms with Crippen LogP contribution in [0.15, 0.2) is 0 Å². The molecule has 0 heterocycles. The van der Waals surface area contributed by atoms with E-state index < -0.39 is 12.0 Å². The third-order valence-electron chi connectivity index (χ3n) is 2.75. The Morgan fingerprint density at radius 1 is 1.33 bits per heavy atom. The fraction of sp³-hybridized carbons (Fsp3) is 0.846. The summed E-state index contributed by atoms with van der Waals surface area (Å²) in [6, 6.07) is -0.574. The Kier molecular flexibility index (Phi) is 8.37. The van der Waals surface area contributed by atoms with Crippen LogP contribution < -0.4 is 5.32 Å². The van der Waals surface area contributed by atoms with Gasteiger partial charge < -0.3 is 10.4 Å². The Labute approximate surface area is 110 Å². The average molecular weight is 258 g/mol. The molecular formula is C13H26N2O3. The Bertz CT molecular complexity index is 267. The normalized spacial score (nSPS) is 12.8. The minimum Gasteiger partial charge on any atom is -0.480 e. The number of unbranched alkanes of at least 4 members (excludes halogenated alkanes) is 1. The van der Waals surface area contributed by atoms with Crippen LogP contribution in [0.5, 0.6) is 0 Å². The van der Waals surface area contributed by atoms with Crippen LogP contribution in [0.25, 0.3) is 0 Å². The van der Waals surface area contributed by atoms with Crippen LogP contribution in [0.3, 0.4) is 0 Å². The summed E-state index contributed by atoms with van der Waals surface area (Å²) in [7, 11) is 1.68. The van der Waals surface area contributed by atoms with Crippen LogP contribution in [0.1, 0.15) is 40.0 Å². The molecule has 0 bridgehead atoms. The first-order valence-corrected chi connectivity index (χ1v) is 6.58. The summed E-state index contributed by atoms with van der Waals surface area (Å²) in [4.78, 5) is 24.3. The number of hydrogen-bond acceptors (Lipinski definition) is 3. The molecule has 0 aromatic carbocycles. The van der Waals surface area contributed by atoms with Crippen LogP contribution in [0.4, 0.5) is 0 Å². The van der Waals surface area contributed by atoms with Gasteiger partial charge in [0.1, 0.15) is 6.04 Å². The first-order valence-electron chi connectivity index (χ1n) is 6.58. The van der Waals surface area contributed by atoms with Gasteiger partial charge in [-0.1, -0.05) is 33.6 Å². The van der Waals surface area contributed by atoms with E-state index in [1.54, 1.807) is 11.9 Å². The van der Waals surface area contributed by atoms with Crippen LogP contribution in [-0.2, 0) is 9.59 Å². The summed E-state index contributed by atoms with van der Waals surface area (Å²) in [5, 5.41) is 11.9. The lowest BCUT2D eigenvalue weighted by Crippen LogP contribution is -2.44. The highest BCUT2D eigenvalue weighted by Gasteiger charge is 2.23. The topological polar surface area (TPSA) is 69.6 Å². The van der Waals surface area contributed by atoms with Gasteiger partial charge in [0.05, 0.1) is 6.54 Å². The molecule has 0 spiro atoms. The summed E-state index contributed by atoms with van der Waals surface area (Å²) in [6.07, 6.45) is 2.39. The number of carbonyl (C=O) groups excluding carboxylic acids is 1.